The molecule has 0 aromatic carbocycles. The molecule has 0 saturated carbocycles. The Balaban J connectivity index is 2.48. The molecule has 1 aliphatic rings. The normalized spacial score (nSPS) is 19.9. The molecule has 0 N–H and O–H groups in total. The lowest BCUT2D eigenvalue weighted by atomic mass is 10.0. The van der Waals surface area contributed by atoms with Gasteiger partial charge in [0.05, 0.1) is 12.5 Å². The number of nitriles is 1. The van der Waals surface area contributed by atoms with Crippen LogP contribution in [0.25, 0.3) is 0 Å². The van der Waals surface area contributed by atoms with E-state index in [0.29, 0.717) is 19.5 Å². The minimum atomic E-state index is -0.522. The lowest BCUT2D eigenvalue weighted by molar-refractivity contribution is -0.121. The summed E-state index contributed by atoms with van der Waals surface area (Å²) in [6.45, 7) is 6.31. The first-order chi connectivity index (χ1) is 7.83. The van der Waals surface area contributed by atoms with Crippen LogP contribution in [-0.4, -0.2) is 35.5 Å². The summed E-state index contributed by atoms with van der Waals surface area (Å²) in [6.07, 6.45) is 0.164. The maximum absolute atomic E-state index is 11.7. The Morgan fingerprint density at radius 3 is 2.65 bits per heavy atom. The number of nitrogens with zero attached hydrogens (tertiary/aromatic N) is 2. The second-order valence-electron chi connectivity index (χ2n) is 5.21. The van der Waals surface area contributed by atoms with E-state index in [4.69, 9.17) is 10.00 Å². The highest BCUT2D eigenvalue weighted by Crippen LogP contribution is 2.20. The van der Waals surface area contributed by atoms with Gasteiger partial charge in [-0.2, -0.15) is 5.26 Å². The average Bonchev–Trinajstić information content (AvgIpc) is 2.63. The highest BCUT2D eigenvalue weighted by molar-refractivity contribution is 5.84. The van der Waals surface area contributed by atoms with Gasteiger partial charge in [-0.05, 0) is 27.2 Å². The minimum Gasteiger partial charge on any atom is -0.444 e. The molecule has 0 spiro atoms. The summed E-state index contributed by atoms with van der Waals surface area (Å²) in [6, 6.07) is 1.84. The van der Waals surface area contributed by atoms with Crippen molar-refractivity contribution in [2.24, 2.45) is 5.92 Å². The van der Waals surface area contributed by atoms with E-state index < -0.39 is 5.60 Å². The number of likely N-dealkylation sites (tertiary alicyclic amines) is 1. The zero-order valence-corrected chi connectivity index (χ0v) is 10.5. The van der Waals surface area contributed by atoms with Crippen molar-refractivity contribution >= 4 is 11.9 Å². The fraction of sp³-hybridized carbons (Fsp3) is 0.750. The standard InChI is InChI=1S/C12H18N2O3/c1-12(2,3)17-11(16)14-7-5-9(8-14)10(15)4-6-13/h9H,4-5,7-8H2,1-3H3. The number of Topliss-reactive ketones (excluding diaryl/α,β-unsaturated/α-hetero) is 1. The maximum atomic E-state index is 11.7. The summed E-state index contributed by atoms with van der Waals surface area (Å²) in [5.74, 6) is -0.291. The molecular formula is C12H18N2O3. The fourth-order valence-corrected chi connectivity index (χ4v) is 1.74. The number of amides is 1. The predicted molar refractivity (Wildman–Crippen MR) is 61.2 cm³/mol. The Labute approximate surface area is 101 Å². The van der Waals surface area contributed by atoms with E-state index in [9.17, 15) is 9.59 Å². The first-order valence-corrected chi connectivity index (χ1v) is 5.71. The molecule has 0 aliphatic carbocycles. The zero-order valence-electron chi connectivity index (χ0n) is 10.5. The third-order valence-corrected chi connectivity index (χ3v) is 2.55. The van der Waals surface area contributed by atoms with E-state index in [0.717, 1.165) is 0 Å². The van der Waals surface area contributed by atoms with Crippen LogP contribution in [0.5, 0.6) is 0 Å². The van der Waals surface area contributed by atoms with Crippen molar-refractivity contribution in [3.05, 3.63) is 0 Å². The summed E-state index contributed by atoms with van der Waals surface area (Å²) in [5, 5.41) is 8.45. The molecular weight excluding hydrogens is 220 g/mol. The van der Waals surface area contributed by atoms with Gasteiger partial charge in [0.2, 0.25) is 0 Å². The van der Waals surface area contributed by atoms with Crippen LogP contribution in [0.2, 0.25) is 0 Å². The van der Waals surface area contributed by atoms with Crippen LogP contribution >= 0.6 is 0 Å². The number of ketones is 1. The van der Waals surface area contributed by atoms with Crippen molar-refractivity contribution in [3.8, 4) is 6.07 Å². The lowest BCUT2D eigenvalue weighted by Gasteiger charge is -2.24. The van der Waals surface area contributed by atoms with Crippen molar-refractivity contribution < 1.29 is 14.3 Å². The minimum absolute atomic E-state index is 0.0766. The number of rotatable bonds is 2. The highest BCUT2D eigenvalue weighted by Gasteiger charge is 2.32. The van der Waals surface area contributed by atoms with Gasteiger partial charge in [-0.1, -0.05) is 0 Å². The highest BCUT2D eigenvalue weighted by atomic mass is 16.6. The quantitative estimate of drug-likeness (QED) is 0.734. The Hall–Kier alpha value is -1.57. The van der Waals surface area contributed by atoms with Crippen LogP contribution in [0.15, 0.2) is 0 Å². The molecule has 1 atom stereocenters. The maximum Gasteiger partial charge on any atom is 0.410 e. The Bertz CT molecular complexity index is 352. The second kappa shape index (κ2) is 5.17. The van der Waals surface area contributed by atoms with Gasteiger partial charge >= 0.3 is 6.09 Å². The first kappa shape index (κ1) is 13.5. The number of hydrogen-bond donors (Lipinski definition) is 0. The van der Waals surface area contributed by atoms with Gasteiger partial charge in [-0.3, -0.25) is 4.79 Å². The molecule has 5 nitrogen and oxygen atoms in total. The van der Waals surface area contributed by atoms with Gasteiger partial charge in [0.15, 0.2) is 5.78 Å². The van der Waals surface area contributed by atoms with Crippen molar-refractivity contribution in [1.82, 2.24) is 4.90 Å². The number of carbonyl (C=O) groups excluding carboxylic acids is 2. The summed E-state index contributed by atoms with van der Waals surface area (Å²) in [7, 11) is 0. The molecule has 1 fully saturated rings. The number of hydrogen-bond acceptors (Lipinski definition) is 4. The van der Waals surface area contributed by atoms with Crippen LogP contribution in [0, 0.1) is 17.2 Å². The Morgan fingerprint density at radius 1 is 1.47 bits per heavy atom. The summed E-state index contributed by atoms with van der Waals surface area (Å²) < 4.78 is 5.22. The summed E-state index contributed by atoms with van der Waals surface area (Å²) >= 11 is 0. The van der Waals surface area contributed by atoms with Crippen molar-refractivity contribution in [3.63, 3.8) is 0 Å². The van der Waals surface area contributed by atoms with E-state index in [2.05, 4.69) is 0 Å². The topological polar surface area (TPSA) is 70.4 Å². The van der Waals surface area contributed by atoms with E-state index in [1.165, 1.54) is 4.90 Å². The molecule has 1 rings (SSSR count). The first-order valence-electron chi connectivity index (χ1n) is 5.71. The van der Waals surface area contributed by atoms with Gasteiger partial charge in [0.1, 0.15) is 5.60 Å². The third kappa shape index (κ3) is 4.06. The van der Waals surface area contributed by atoms with Gasteiger partial charge in [0.25, 0.3) is 0 Å². The average molecular weight is 238 g/mol. The van der Waals surface area contributed by atoms with Crippen molar-refractivity contribution in [1.29, 1.82) is 5.26 Å². The van der Waals surface area contributed by atoms with Gasteiger partial charge < -0.3 is 9.64 Å². The molecule has 17 heavy (non-hydrogen) atoms. The van der Waals surface area contributed by atoms with Crippen LogP contribution < -0.4 is 0 Å². The molecule has 1 saturated heterocycles. The monoisotopic (exact) mass is 238 g/mol. The largest absolute Gasteiger partial charge is 0.444 e. The molecule has 0 bridgehead atoms. The van der Waals surface area contributed by atoms with Crippen LogP contribution in [0.3, 0.4) is 0 Å². The van der Waals surface area contributed by atoms with Crippen molar-refractivity contribution in [2.75, 3.05) is 13.1 Å². The van der Waals surface area contributed by atoms with Crippen LogP contribution in [0.4, 0.5) is 4.79 Å². The van der Waals surface area contributed by atoms with E-state index in [1.54, 1.807) is 20.8 Å². The van der Waals surface area contributed by atoms with Crippen LogP contribution in [0.1, 0.15) is 33.6 Å². The fourth-order valence-electron chi connectivity index (χ4n) is 1.74. The molecule has 1 heterocycles. The molecule has 0 radical (unpaired) electrons. The Morgan fingerprint density at radius 2 is 2.12 bits per heavy atom. The Kier molecular flexibility index (Phi) is 4.11. The predicted octanol–water partition coefficient (Wildman–Crippen LogP) is 1.73. The molecule has 1 aliphatic heterocycles. The lowest BCUT2D eigenvalue weighted by Crippen LogP contribution is -2.35. The molecule has 0 aromatic heterocycles. The molecule has 1 amide bonds. The smallest absolute Gasteiger partial charge is 0.410 e. The number of ether oxygens (including phenoxy) is 1. The summed E-state index contributed by atoms with van der Waals surface area (Å²) in [5.41, 5.74) is -0.522. The molecule has 94 valence electrons. The number of carbonyl (C=O) groups is 2. The molecule has 5 heteroatoms. The van der Waals surface area contributed by atoms with E-state index in [1.807, 2.05) is 6.07 Å². The van der Waals surface area contributed by atoms with Crippen LogP contribution in [-0.2, 0) is 9.53 Å². The molecule has 1 unspecified atom stereocenters. The van der Waals surface area contributed by atoms with E-state index in [-0.39, 0.29) is 24.2 Å². The molecule has 0 aromatic rings. The zero-order chi connectivity index (χ0) is 13.1. The van der Waals surface area contributed by atoms with Gasteiger partial charge in [-0.25, -0.2) is 4.79 Å². The third-order valence-electron chi connectivity index (χ3n) is 2.55. The van der Waals surface area contributed by atoms with Gasteiger partial charge in [0, 0.05) is 19.0 Å². The SMILES string of the molecule is CC(C)(C)OC(=O)N1CCC(C(=O)CC#N)C1. The second-order valence-corrected chi connectivity index (χ2v) is 5.21. The van der Waals surface area contributed by atoms with Gasteiger partial charge in [-0.15, -0.1) is 0 Å². The van der Waals surface area contributed by atoms with E-state index >= 15 is 0 Å². The summed E-state index contributed by atoms with van der Waals surface area (Å²) in [4.78, 5) is 24.7. The van der Waals surface area contributed by atoms with Crippen molar-refractivity contribution in [2.45, 2.75) is 39.2 Å².